The maximum atomic E-state index is 10.4. The van der Waals surface area contributed by atoms with Gasteiger partial charge >= 0.3 is 0 Å². The fourth-order valence-electron chi connectivity index (χ4n) is 1.28. The first kappa shape index (κ1) is 10.8. The van der Waals surface area contributed by atoms with E-state index in [0.29, 0.717) is 5.56 Å². The van der Waals surface area contributed by atoms with Crippen LogP contribution >= 0.6 is 21.6 Å². The van der Waals surface area contributed by atoms with Gasteiger partial charge in [-0.1, -0.05) is 21.6 Å². The van der Waals surface area contributed by atoms with Crippen LogP contribution in [-0.2, 0) is 0 Å². The van der Waals surface area contributed by atoms with E-state index in [9.17, 15) is 4.79 Å². The molecule has 0 N–H and O–H groups in total. The van der Waals surface area contributed by atoms with Gasteiger partial charge in [-0.2, -0.15) is 0 Å². The summed E-state index contributed by atoms with van der Waals surface area (Å²) >= 11 is 0. The Balaban J connectivity index is 2.09. The Kier molecular flexibility index (Phi) is 3.85. The van der Waals surface area contributed by atoms with Gasteiger partial charge < -0.3 is 4.90 Å². The smallest absolute Gasteiger partial charge is 0.225 e. The van der Waals surface area contributed by atoms with Crippen LogP contribution in [0.2, 0.25) is 0 Å². The Morgan fingerprint density at radius 3 is 2.33 bits per heavy atom. The van der Waals surface area contributed by atoms with Crippen molar-refractivity contribution in [3.05, 3.63) is 18.0 Å². The van der Waals surface area contributed by atoms with E-state index in [1.807, 2.05) is 21.6 Å². The molecule has 0 radical (unpaired) electrons. The summed E-state index contributed by atoms with van der Waals surface area (Å²) in [5.74, 6) is 2.90. The molecule has 0 bridgehead atoms. The predicted octanol–water partition coefficient (Wildman–Crippen LogP) is 1.49. The highest BCUT2D eigenvalue weighted by atomic mass is 33.1. The quantitative estimate of drug-likeness (QED) is 0.577. The van der Waals surface area contributed by atoms with E-state index in [-0.39, 0.29) is 0 Å². The molecule has 0 atom stereocenters. The lowest BCUT2D eigenvalue weighted by molar-refractivity contribution is 0.112. The lowest BCUT2D eigenvalue weighted by atomic mass is 10.4. The lowest BCUT2D eigenvalue weighted by Crippen LogP contribution is -2.28. The molecule has 6 heteroatoms. The van der Waals surface area contributed by atoms with E-state index in [0.717, 1.165) is 36.8 Å². The zero-order chi connectivity index (χ0) is 10.5. The summed E-state index contributed by atoms with van der Waals surface area (Å²) in [6.07, 6.45) is 3.90. The highest BCUT2D eigenvalue weighted by molar-refractivity contribution is 8.76. The monoisotopic (exact) mass is 241 g/mol. The number of rotatable bonds is 2. The van der Waals surface area contributed by atoms with Crippen molar-refractivity contribution in [3.8, 4) is 0 Å². The Hall–Kier alpha value is -0.750. The van der Waals surface area contributed by atoms with E-state index in [1.54, 1.807) is 12.4 Å². The average Bonchev–Trinajstić information content (AvgIpc) is 2.58. The van der Waals surface area contributed by atoms with E-state index in [1.165, 1.54) is 0 Å². The number of aldehydes is 1. The first-order valence-electron chi connectivity index (χ1n) is 4.67. The van der Waals surface area contributed by atoms with Crippen molar-refractivity contribution in [1.82, 2.24) is 9.97 Å². The van der Waals surface area contributed by atoms with Crippen LogP contribution in [0.15, 0.2) is 12.4 Å². The molecule has 1 aromatic rings. The molecule has 0 unspecified atom stereocenters. The van der Waals surface area contributed by atoms with Gasteiger partial charge in [-0.25, -0.2) is 9.97 Å². The molecular formula is C9H11N3OS2. The zero-order valence-electron chi connectivity index (χ0n) is 8.13. The molecule has 0 amide bonds. The van der Waals surface area contributed by atoms with E-state index in [4.69, 9.17) is 0 Å². The van der Waals surface area contributed by atoms with Gasteiger partial charge in [0.05, 0.1) is 5.56 Å². The van der Waals surface area contributed by atoms with Crippen molar-refractivity contribution in [2.45, 2.75) is 0 Å². The van der Waals surface area contributed by atoms with Gasteiger partial charge in [-0.05, 0) is 0 Å². The number of hydrogen-bond acceptors (Lipinski definition) is 6. The third-order valence-electron chi connectivity index (χ3n) is 2.05. The Morgan fingerprint density at radius 2 is 1.80 bits per heavy atom. The average molecular weight is 241 g/mol. The molecule has 0 aromatic carbocycles. The highest BCUT2D eigenvalue weighted by Gasteiger charge is 2.12. The topological polar surface area (TPSA) is 46.1 Å². The van der Waals surface area contributed by atoms with Gasteiger partial charge in [0, 0.05) is 37.0 Å². The molecule has 0 saturated carbocycles. The van der Waals surface area contributed by atoms with Gasteiger partial charge in [0.15, 0.2) is 6.29 Å². The minimum atomic E-state index is 0.525. The fraction of sp³-hybridized carbons (Fsp3) is 0.444. The summed E-state index contributed by atoms with van der Waals surface area (Å²) in [6.45, 7) is 1.94. The maximum absolute atomic E-state index is 10.4. The molecule has 4 nitrogen and oxygen atoms in total. The molecule has 1 aliphatic heterocycles. The maximum Gasteiger partial charge on any atom is 0.225 e. The Morgan fingerprint density at radius 1 is 1.20 bits per heavy atom. The Labute approximate surface area is 96.3 Å². The Bertz CT molecular complexity index is 323. The summed E-state index contributed by atoms with van der Waals surface area (Å²) in [7, 11) is 3.77. The molecular weight excluding hydrogens is 230 g/mol. The summed E-state index contributed by atoms with van der Waals surface area (Å²) in [5, 5.41) is 0. The minimum Gasteiger partial charge on any atom is -0.339 e. The van der Waals surface area contributed by atoms with Crippen molar-refractivity contribution in [1.29, 1.82) is 0 Å². The second kappa shape index (κ2) is 5.37. The normalized spacial score (nSPS) is 17.2. The largest absolute Gasteiger partial charge is 0.339 e. The molecule has 2 rings (SSSR count). The summed E-state index contributed by atoms with van der Waals surface area (Å²) < 4.78 is 0. The van der Waals surface area contributed by atoms with Crippen molar-refractivity contribution in [2.24, 2.45) is 0 Å². The van der Waals surface area contributed by atoms with Crippen LogP contribution in [0.1, 0.15) is 10.4 Å². The van der Waals surface area contributed by atoms with Gasteiger partial charge in [-0.15, -0.1) is 0 Å². The van der Waals surface area contributed by atoms with Crippen LogP contribution in [0.25, 0.3) is 0 Å². The van der Waals surface area contributed by atoms with Gasteiger partial charge in [-0.3, -0.25) is 4.79 Å². The molecule has 1 aliphatic rings. The van der Waals surface area contributed by atoms with Crippen LogP contribution in [0.3, 0.4) is 0 Å². The van der Waals surface area contributed by atoms with Crippen LogP contribution in [-0.4, -0.2) is 40.8 Å². The number of hydrogen-bond donors (Lipinski definition) is 0. The first-order valence-corrected chi connectivity index (χ1v) is 7.15. The molecule has 80 valence electrons. The van der Waals surface area contributed by atoms with Crippen LogP contribution in [0, 0.1) is 0 Å². The van der Waals surface area contributed by atoms with Gasteiger partial charge in [0.25, 0.3) is 0 Å². The first-order chi connectivity index (χ1) is 7.40. The van der Waals surface area contributed by atoms with Crippen molar-refractivity contribution < 1.29 is 4.79 Å². The molecule has 0 spiro atoms. The second-order valence-corrected chi connectivity index (χ2v) is 5.77. The van der Waals surface area contributed by atoms with Gasteiger partial charge in [0.2, 0.25) is 5.95 Å². The third-order valence-corrected chi connectivity index (χ3v) is 4.41. The lowest BCUT2D eigenvalue weighted by Gasteiger charge is -2.18. The third kappa shape index (κ3) is 2.85. The van der Waals surface area contributed by atoms with Crippen molar-refractivity contribution in [3.63, 3.8) is 0 Å². The summed E-state index contributed by atoms with van der Waals surface area (Å²) in [6, 6.07) is 0. The second-order valence-electron chi connectivity index (χ2n) is 3.07. The molecule has 1 saturated heterocycles. The summed E-state index contributed by atoms with van der Waals surface area (Å²) in [4.78, 5) is 21.0. The highest BCUT2D eigenvalue weighted by Crippen LogP contribution is 2.25. The molecule has 2 heterocycles. The minimum absolute atomic E-state index is 0.525. The van der Waals surface area contributed by atoms with Crippen LogP contribution in [0.5, 0.6) is 0 Å². The molecule has 15 heavy (non-hydrogen) atoms. The van der Waals surface area contributed by atoms with Gasteiger partial charge in [0.1, 0.15) is 0 Å². The number of nitrogens with zero attached hydrogens (tertiary/aromatic N) is 3. The van der Waals surface area contributed by atoms with Crippen LogP contribution in [0.4, 0.5) is 5.95 Å². The fourth-order valence-corrected chi connectivity index (χ4v) is 3.26. The van der Waals surface area contributed by atoms with Crippen molar-refractivity contribution >= 4 is 33.8 Å². The van der Waals surface area contributed by atoms with Crippen LogP contribution < -0.4 is 4.90 Å². The molecule has 1 fully saturated rings. The molecule has 1 aromatic heterocycles. The van der Waals surface area contributed by atoms with E-state index < -0.39 is 0 Å². The standard InChI is InChI=1S/C9H11N3OS2/c13-7-8-5-10-9(11-6-8)12-1-3-14-15-4-2-12/h5-7H,1-4H2. The molecule has 0 aliphatic carbocycles. The van der Waals surface area contributed by atoms with E-state index in [2.05, 4.69) is 14.9 Å². The summed E-state index contributed by atoms with van der Waals surface area (Å²) in [5.41, 5.74) is 0.525. The SMILES string of the molecule is O=Cc1cnc(N2CCSSCC2)nc1. The number of aromatic nitrogens is 2. The predicted molar refractivity (Wildman–Crippen MR) is 64.5 cm³/mol. The van der Waals surface area contributed by atoms with E-state index >= 15 is 0 Å². The van der Waals surface area contributed by atoms with Crippen molar-refractivity contribution in [2.75, 3.05) is 29.5 Å². The zero-order valence-corrected chi connectivity index (χ0v) is 9.76. The number of carbonyl (C=O) groups is 1. The number of carbonyl (C=O) groups excluding carboxylic acids is 1. The number of anilines is 1.